The quantitative estimate of drug-likeness (QED) is 0.891. The molecule has 2 heterocycles. The fourth-order valence-corrected chi connectivity index (χ4v) is 3.24. The second-order valence-corrected chi connectivity index (χ2v) is 6.61. The molecule has 134 valence electrons. The van der Waals surface area contributed by atoms with Gasteiger partial charge in [-0.15, -0.1) is 0 Å². The van der Waals surface area contributed by atoms with Gasteiger partial charge in [0.15, 0.2) is 11.6 Å². The van der Waals surface area contributed by atoms with Gasteiger partial charge in [-0.25, -0.2) is 8.78 Å². The topological polar surface area (TPSA) is 59.6 Å². The molecular formula is C18H21F2N3O2. The van der Waals surface area contributed by atoms with Crippen LogP contribution in [0.1, 0.15) is 34.2 Å². The van der Waals surface area contributed by atoms with Crippen LogP contribution in [-0.2, 0) is 6.54 Å². The van der Waals surface area contributed by atoms with E-state index in [0.29, 0.717) is 30.8 Å². The first-order valence-corrected chi connectivity index (χ1v) is 8.11. The van der Waals surface area contributed by atoms with Gasteiger partial charge in [0.1, 0.15) is 5.69 Å². The summed E-state index contributed by atoms with van der Waals surface area (Å²) in [6.45, 7) is 0.904. The molecule has 0 radical (unpaired) electrons. The molecule has 1 aliphatic rings. The first-order valence-electron chi connectivity index (χ1n) is 8.11. The van der Waals surface area contributed by atoms with Crippen LogP contribution in [0.3, 0.4) is 0 Å². The molecule has 0 saturated carbocycles. The Balaban J connectivity index is 1.78. The lowest BCUT2D eigenvalue weighted by Gasteiger charge is -2.24. The molecule has 5 nitrogen and oxygen atoms in total. The van der Waals surface area contributed by atoms with Gasteiger partial charge >= 0.3 is 0 Å². The summed E-state index contributed by atoms with van der Waals surface area (Å²) >= 11 is 0. The number of carbonyl (C=O) groups is 1. The third kappa shape index (κ3) is 3.72. The van der Waals surface area contributed by atoms with E-state index in [9.17, 15) is 18.7 Å². The van der Waals surface area contributed by atoms with Gasteiger partial charge in [0, 0.05) is 38.9 Å². The van der Waals surface area contributed by atoms with Crippen molar-refractivity contribution < 1.29 is 18.7 Å². The predicted octanol–water partition coefficient (Wildman–Crippen LogP) is 2.30. The number of aliphatic hydroxyl groups is 1. The van der Waals surface area contributed by atoms with E-state index in [-0.39, 0.29) is 11.9 Å². The highest BCUT2D eigenvalue weighted by Gasteiger charge is 2.32. The number of rotatable bonds is 4. The maximum absolute atomic E-state index is 13.5. The third-order valence-electron chi connectivity index (χ3n) is 4.47. The molecule has 25 heavy (non-hydrogen) atoms. The standard InChI is InChI=1S/C18H21F2N3O2/c1-22(2)18(25)16-6-4-12(21-16)9-23-10-13(24)8-17(23)11-3-5-14(19)15(20)7-11/h3-7,13,17,21,24H,8-10H2,1-2H3. The molecule has 3 rings (SSSR count). The first kappa shape index (κ1) is 17.6. The van der Waals surface area contributed by atoms with E-state index in [1.165, 1.54) is 11.0 Å². The number of nitrogens with zero attached hydrogens (tertiary/aromatic N) is 2. The van der Waals surface area contributed by atoms with Crippen LogP contribution in [0.25, 0.3) is 0 Å². The molecule has 7 heteroatoms. The van der Waals surface area contributed by atoms with Crippen molar-refractivity contribution in [3.8, 4) is 0 Å². The summed E-state index contributed by atoms with van der Waals surface area (Å²) in [5, 5.41) is 10.0. The highest BCUT2D eigenvalue weighted by molar-refractivity contribution is 5.92. The van der Waals surface area contributed by atoms with Crippen LogP contribution in [0, 0.1) is 11.6 Å². The van der Waals surface area contributed by atoms with Crippen molar-refractivity contribution in [2.75, 3.05) is 20.6 Å². The number of β-amino-alcohol motifs (C(OH)–C–C–N with tert-alkyl or cyclic N) is 1. The normalized spacial score (nSPS) is 20.8. The second kappa shape index (κ2) is 6.93. The van der Waals surface area contributed by atoms with Gasteiger partial charge < -0.3 is 15.0 Å². The van der Waals surface area contributed by atoms with Crippen molar-refractivity contribution in [1.29, 1.82) is 0 Å². The Morgan fingerprint density at radius 3 is 2.72 bits per heavy atom. The van der Waals surface area contributed by atoms with Crippen LogP contribution in [0.4, 0.5) is 8.78 Å². The van der Waals surface area contributed by atoms with E-state index in [1.807, 2.05) is 11.0 Å². The predicted molar refractivity (Wildman–Crippen MR) is 88.9 cm³/mol. The number of aromatic amines is 1. The number of likely N-dealkylation sites (tertiary alicyclic amines) is 1. The Morgan fingerprint density at radius 2 is 2.04 bits per heavy atom. The van der Waals surface area contributed by atoms with E-state index < -0.39 is 17.7 Å². The summed E-state index contributed by atoms with van der Waals surface area (Å²) in [7, 11) is 3.36. The zero-order chi connectivity index (χ0) is 18.1. The molecule has 2 aromatic rings. The lowest BCUT2D eigenvalue weighted by Crippen LogP contribution is -2.25. The van der Waals surface area contributed by atoms with Gasteiger partial charge in [-0.1, -0.05) is 6.07 Å². The van der Waals surface area contributed by atoms with Crippen molar-refractivity contribution in [1.82, 2.24) is 14.8 Å². The molecule has 0 aliphatic carbocycles. The number of hydrogen-bond acceptors (Lipinski definition) is 3. The zero-order valence-electron chi connectivity index (χ0n) is 14.2. The Morgan fingerprint density at radius 1 is 1.28 bits per heavy atom. The number of carbonyl (C=O) groups excluding carboxylic acids is 1. The molecule has 0 spiro atoms. The molecular weight excluding hydrogens is 328 g/mol. The van der Waals surface area contributed by atoms with Crippen LogP contribution < -0.4 is 0 Å². The average Bonchev–Trinajstić information content (AvgIpc) is 3.16. The summed E-state index contributed by atoms with van der Waals surface area (Å²) in [6.07, 6.45) is -0.0779. The fourth-order valence-electron chi connectivity index (χ4n) is 3.24. The molecule has 1 aromatic carbocycles. The summed E-state index contributed by atoms with van der Waals surface area (Å²) in [6, 6.07) is 7.17. The fraction of sp³-hybridized carbons (Fsp3) is 0.389. The van der Waals surface area contributed by atoms with E-state index in [4.69, 9.17) is 0 Å². The number of aliphatic hydroxyl groups excluding tert-OH is 1. The molecule has 2 unspecified atom stereocenters. The minimum atomic E-state index is -0.891. The van der Waals surface area contributed by atoms with Gasteiger partial charge in [0.05, 0.1) is 6.10 Å². The van der Waals surface area contributed by atoms with Crippen molar-refractivity contribution in [3.63, 3.8) is 0 Å². The molecule has 1 fully saturated rings. The average molecular weight is 349 g/mol. The van der Waals surface area contributed by atoms with Crippen molar-refractivity contribution >= 4 is 5.91 Å². The summed E-state index contributed by atoms with van der Waals surface area (Å²) in [5.41, 5.74) is 1.95. The number of halogens is 2. The molecule has 2 atom stereocenters. The van der Waals surface area contributed by atoms with Crippen molar-refractivity contribution in [3.05, 3.63) is 58.9 Å². The second-order valence-electron chi connectivity index (χ2n) is 6.61. The largest absolute Gasteiger partial charge is 0.392 e. The molecule has 1 aliphatic heterocycles. The summed E-state index contributed by atoms with van der Waals surface area (Å²) in [4.78, 5) is 18.5. The van der Waals surface area contributed by atoms with Crippen LogP contribution in [0.5, 0.6) is 0 Å². The third-order valence-corrected chi connectivity index (χ3v) is 4.47. The SMILES string of the molecule is CN(C)C(=O)c1ccc(CN2CC(O)CC2c2ccc(F)c(F)c2)[nH]1. The van der Waals surface area contributed by atoms with Gasteiger partial charge in [0.25, 0.3) is 5.91 Å². The number of hydrogen-bond donors (Lipinski definition) is 2. The number of H-pyrrole nitrogens is 1. The smallest absolute Gasteiger partial charge is 0.269 e. The first-order chi connectivity index (χ1) is 11.8. The van der Waals surface area contributed by atoms with E-state index >= 15 is 0 Å². The monoisotopic (exact) mass is 349 g/mol. The van der Waals surface area contributed by atoms with Gasteiger partial charge in [-0.05, 0) is 36.2 Å². The number of amides is 1. The molecule has 1 amide bonds. The molecule has 1 aromatic heterocycles. The van der Waals surface area contributed by atoms with E-state index in [0.717, 1.165) is 11.8 Å². The van der Waals surface area contributed by atoms with Gasteiger partial charge in [0.2, 0.25) is 0 Å². The highest BCUT2D eigenvalue weighted by atomic mass is 19.2. The molecule has 2 N–H and O–H groups in total. The van der Waals surface area contributed by atoms with Crippen LogP contribution in [0.2, 0.25) is 0 Å². The maximum atomic E-state index is 13.5. The Hall–Kier alpha value is -2.25. The number of benzene rings is 1. The number of nitrogens with one attached hydrogen (secondary N) is 1. The van der Waals surface area contributed by atoms with Gasteiger partial charge in [-0.2, -0.15) is 0 Å². The highest BCUT2D eigenvalue weighted by Crippen LogP contribution is 2.34. The maximum Gasteiger partial charge on any atom is 0.269 e. The van der Waals surface area contributed by atoms with Crippen LogP contribution in [0.15, 0.2) is 30.3 Å². The molecule has 1 saturated heterocycles. The lowest BCUT2D eigenvalue weighted by molar-refractivity contribution is 0.0822. The minimum Gasteiger partial charge on any atom is -0.392 e. The van der Waals surface area contributed by atoms with Crippen molar-refractivity contribution in [2.45, 2.75) is 25.1 Å². The van der Waals surface area contributed by atoms with Crippen LogP contribution in [-0.4, -0.2) is 52.5 Å². The lowest BCUT2D eigenvalue weighted by atomic mass is 10.0. The summed E-state index contributed by atoms with van der Waals surface area (Å²) < 4.78 is 26.7. The Kier molecular flexibility index (Phi) is 4.87. The van der Waals surface area contributed by atoms with E-state index in [1.54, 1.807) is 26.2 Å². The summed E-state index contributed by atoms with van der Waals surface area (Å²) in [5.74, 6) is -1.90. The van der Waals surface area contributed by atoms with E-state index in [2.05, 4.69) is 4.98 Å². The Bertz CT molecular complexity index is 775. The Labute approximate surface area is 144 Å². The van der Waals surface area contributed by atoms with Crippen molar-refractivity contribution in [2.24, 2.45) is 0 Å². The molecule has 0 bridgehead atoms. The number of aromatic nitrogens is 1. The van der Waals surface area contributed by atoms with Crippen LogP contribution >= 0.6 is 0 Å². The van der Waals surface area contributed by atoms with Gasteiger partial charge in [-0.3, -0.25) is 9.69 Å². The minimum absolute atomic E-state index is 0.120. The zero-order valence-corrected chi connectivity index (χ0v) is 14.2.